The number of hydrogen-bond acceptors (Lipinski definition) is 4. The van der Waals surface area contributed by atoms with Gasteiger partial charge >= 0.3 is 0 Å². The Balaban J connectivity index is 1.69. The summed E-state index contributed by atoms with van der Waals surface area (Å²) in [5, 5.41) is 10.1. The van der Waals surface area contributed by atoms with Gasteiger partial charge in [0, 0.05) is 18.0 Å². The maximum Gasteiger partial charge on any atom is 0.159 e. The maximum atomic E-state index is 10.1. The van der Waals surface area contributed by atoms with Crippen LogP contribution in [0.15, 0.2) is 36.7 Å². The molecule has 4 nitrogen and oxygen atoms in total. The minimum Gasteiger partial charge on any atom is -0.491 e. The third kappa shape index (κ3) is 10.6. The van der Waals surface area contributed by atoms with Crippen molar-refractivity contribution in [2.45, 2.75) is 104 Å². The van der Waals surface area contributed by atoms with Gasteiger partial charge in [0.05, 0.1) is 6.10 Å². The van der Waals surface area contributed by atoms with Gasteiger partial charge in [-0.25, -0.2) is 9.97 Å². The number of aryl methyl sites for hydroxylation is 1. The van der Waals surface area contributed by atoms with Gasteiger partial charge < -0.3 is 9.84 Å². The summed E-state index contributed by atoms with van der Waals surface area (Å²) < 4.78 is 5.74. The molecule has 1 N–H and O–H groups in total. The lowest BCUT2D eigenvalue weighted by atomic mass is 10.0. The number of hydrogen-bond donors (Lipinski definition) is 1. The highest BCUT2D eigenvalue weighted by Crippen LogP contribution is 2.20. The fraction of sp³-hybridized carbons (Fsp3) is 0.643. The summed E-state index contributed by atoms with van der Waals surface area (Å²) >= 11 is 0. The Bertz CT molecular complexity index is 715. The summed E-state index contributed by atoms with van der Waals surface area (Å²) in [6.45, 7) is 7.00. The minimum atomic E-state index is -0.416. The monoisotopic (exact) mass is 440 g/mol. The minimum absolute atomic E-state index is 0.333. The molecule has 32 heavy (non-hydrogen) atoms. The summed E-state index contributed by atoms with van der Waals surface area (Å²) in [5.74, 6) is 2.16. The van der Waals surface area contributed by atoms with E-state index in [-0.39, 0.29) is 0 Å². The van der Waals surface area contributed by atoms with Gasteiger partial charge in [-0.2, -0.15) is 0 Å². The van der Waals surface area contributed by atoms with Gasteiger partial charge in [-0.05, 0) is 61.4 Å². The van der Waals surface area contributed by atoms with E-state index in [0.29, 0.717) is 12.5 Å². The van der Waals surface area contributed by atoms with Crippen LogP contribution in [0.1, 0.15) is 97.0 Å². The normalized spacial score (nSPS) is 13.1. The standard InChI is InChI=1S/C28H44N2O2/c1-4-6-7-8-9-10-11-12-13-24-20-29-28(30-21-24)25-15-18-27(19-16-25)32-22-26(31)17-14-23(3)5-2/h15-16,18-21,23,26,31H,4-14,17,22H2,1-3H3/t23-,26+/m0/s1. The molecule has 2 atom stereocenters. The Hall–Kier alpha value is -1.94. The molecule has 178 valence electrons. The Kier molecular flexibility index (Phi) is 13.0. The molecular formula is C28H44N2O2. The molecular weight excluding hydrogens is 396 g/mol. The molecule has 0 bridgehead atoms. The zero-order chi connectivity index (χ0) is 23.0. The molecule has 0 amide bonds. The summed E-state index contributed by atoms with van der Waals surface area (Å²) in [4.78, 5) is 9.12. The third-order valence-electron chi connectivity index (χ3n) is 6.27. The van der Waals surface area contributed by atoms with Crippen molar-refractivity contribution in [3.8, 4) is 17.1 Å². The molecule has 0 aliphatic heterocycles. The van der Waals surface area contributed by atoms with Crippen molar-refractivity contribution in [1.29, 1.82) is 0 Å². The van der Waals surface area contributed by atoms with E-state index in [1.165, 1.54) is 56.9 Å². The lowest BCUT2D eigenvalue weighted by molar-refractivity contribution is 0.0942. The number of benzene rings is 1. The number of rotatable bonds is 17. The highest BCUT2D eigenvalue weighted by Gasteiger charge is 2.09. The molecule has 0 unspecified atom stereocenters. The molecule has 2 aromatic rings. The fourth-order valence-electron chi connectivity index (χ4n) is 3.75. The van der Waals surface area contributed by atoms with Crippen molar-refractivity contribution in [3.63, 3.8) is 0 Å². The molecule has 1 aromatic heterocycles. The zero-order valence-corrected chi connectivity index (χ0v) is 20.6. The first-order chi connectivity index (χ1) is 15.6. The summed E-state index contributed by atoms with van der Waals surface area (Å²) in [7, 11) is 0. The van der Waals surface area contributed by atoms with E-state index in [9.17, 15) is 5.11 Å². The van der Waals surface area contributed by atoms with Gasteiger partial charge in [0.2, 0.25) is 0 Å². The van der Waals surface area contributed by atoms with Crippen molar-refractivity contribution in [3.05, 3.63) is 42.2 Å². The van der Waals surface area contributed by atoms with E-state index < -0.39 is 6.10 Å². The van der Waals surface area contributed by atoms with Crippen molar-refractivity contribution < 1.29 is 9.84 Å². The number of unbranched alkanes of at least 4 members (excludes halogenated alkanes) is 7. The van der Waals surface area contributed by atoms with E-state index in [2.05, 4.69) is 30.7 Å². The third-order valence-corrected chi connectivity index (χ3v) is 6.27. The van der Waals surface area contributed by atoms with E-state index >= 15 is 0 Å². The van der Waals surface area contributed by atoms with E-state index in [1.54, 1.807) is 0 Å². The van der Waals surface area contributed by atoms with Gasteiger partial charge in [-0.1, -0.05) is 72.1 Å². The lowest BCUT2D eigenvalue weighted by Gasteiger charge is -2.14. The van der Waals surface area contributed by atoms with Gasteiger partial charge in [0.1, 0.15) is 12.4 Å². The predicted molar refractivity (Wildman–Crippen MR) is 134 cm³/mol. The number of aliphatic hydroxyl groups excluding tert-OH is 1. The van der Waals surface area contributed by atoms with Crippen LogP contribution in [0.2, 0.25) is 0 Å². The largest absolute Gasteiger partial charge is 0.491 e. The second-order valence-electron chi connectivity index (χ2n) is 9.22. The first-order valence-electron chi connectivity index (χ1n) is 12.8. The van der Waals surface area contributed by atoms with Crippen LogP contribution in [0.4, 0.5) is 0 Å². The lowest BCUT2D eigenvalue weighted by Crippen LogP contribution is -2.18. The number of ether oxygens (including phenoxy) is 1. The summed E-state index contributed by atoms with van der Waals surface area (Å²) in [6.07, 6.45) is 18.2. The van der Waals surface area contributed by atoms with Crippen LogP contribution < -0.4 is 4.74 Å². The average Bonchev–Trinajstić information content (AvgIpc) is 2.83. The molecule has 0 aliphatic carbocycles. The molecule has 2 rings (SSSR count). The molecule has 0 radical (unpaired) electrons. The van der Waals surface area contributed by atoms with Gasteiger partial charge in [-0.3, -0.25) is 0 Å². The first kappa shape index (κ1) is 26.3. The van der Waals surface area contributed by atoms with Crippen LogP contribution in [-0.4, -0.2) is 27.8 Å². The molecule has 0 saturated heterocycles. The second kappa shape index (κ2) is 15.8. The second-order valence-corrected chi connectivity index (χ2v) is 9.22. The molecule has 1 heterocycles. The van der Waals surface area contributed by atoms with E-state index in [4.69, 9.17) is 4.74 Å². The first-order valence-corrected chi connectivity index (χ1v) is 12.8. The smallest absolute Gasteiger partial charge is 0.159 e. The van der Waals surface area contributed by atoms with E-state index in [0.717, 1.165) is 42.8 Å². The van der Waals surface area contributed by atoms with Crippen LogP contribution >= 0.6 is 0 Å². The molecule has 0 spiro atoms. The van der Waals surface area contributed by atoms with Crippen LogP contribution in [0, 0.1) is 5.92 Å². The molecule has 4 heteroatoms. The zero-order valence-electron chi connectivity index (χ0n) is 20.6. The highest BCUT2D eigenvalue weighted by molar-refractivity contribution is 5.55. The summed E-state index contributed by atoms with van der Waals surface area (Å²) in [6, 6.07) is 7.81. The van der Waals surface area contributed by atoms with Crippen LogP contribution in [0.5, 0.6) is 5.75 Å². The Labute approximate surface area is 195 Å². The van der Waals surface area contributed by atoms with Crippen molar-refractivity contribution in [2.24, 2.45) is 5.92 Å². The predicted octanol–water partition coefficient (Wildman–Crippen LogP) is 7.39. The number of aromatic nitrogens is 2. The number of nitrogens with zero attached hydrogens (tertiary/aromatic N) is 2. The fourth-order valence-corrected chi connectivity index (χ4v) is 3.75. The van der Waals surface area contributed by atoms with Crippen LogP contribution in [0.25, 0.3) is 11.4 Å². The van der Waals surface area contributed by atoms with Crippen LogP contribution in [0.3, 0.4) is 0 Å². The molecule has 1 aromatic carbocycles. The van der Waals surface area contributed by atoms with E-state index in [1.807, 2.05) is 36.7 Å². The van der Waals surface area contributed by atoms with Crippen molar-refractivity contribution >= 4 is 0 Å². The van der Waals surface area contributed by atoms with Gasteiger partial charge in [0.25, 0.3) is 0 Å². The topological polar surface area (TPSA) is 55.2 Å². The SMILES string of the molecule is CCCCCCCCCCc1cnc(-c2ccc(OC[C@H](O)CC[C@@H](C)CC)cc2)nc1. The highest BCUT2D eigenvalue weighted by atomic mass is 16.5. The average molecular weight is 441 g/mol. The quantitative estimate of drug-likeness (QED) is 0.260. The van der Waals surface area contributed by atoms with Crippen LogP contribution in [-0.2, 0) is 6.42 Å². The van der Waals surface area contributed by atoms with Crippen molar-refractivity contribution in [1.82, 2.24) is 9.97 Å². The number of aliphatic hydroxyl groups is 1. The Morgan fingerprint density at radius 3 is 2.09 bits per heavy atom. The molecule has 0 saturated carbocycles. The van der Waals surface area contributed by atoms with Gasteiger partial charge in [0.15, 0.2) is 5.82 Å². The Morgan fingerprint density at radius 1 is 0.844 bits per heavy atom. The van der Waals surface area contributed by atoms with Gasteiger partial charge in [-0.15, -0.1) is 0 Å². The molecule has 0 fully saturated rings. The molecule has 0 aliphatic rings. The maximum absolute atomic E-state index is 10.1. The summed E-state index contributed by atoms with van der Waals surface area (Å²) in [5.41, 5.74) is 2.19. The van der Waals surface area contributed by atoms with Crippen molar-refractivity contribution in [2.75, 3.05) is 6.61 Å². The Morgan fingerprint density at radius 2 is 1.47 bits per heavy atom.